The Balaban J connectivity index is 1.27. The number of pyridine rings is 1. The molecule has 2 aromatic rings. The fraction of sp³-hybridized carbons (Fsp3) is 0.519. The van der Waals surface area contributed by atoms with E-state index < -0.39 is 11.8 Å². The predicted molar refractivity (Wildman–Crippen MR) is 132 cm³/mol. The zero-order valence-electron chi connectivity index (χ0n) is 20.3. The number of carbonyl (C=O) groups is 2. The van der Waals surface area contributed by atoms with E-state index in [1.165, 1.54) is 18.7 Å². The third-order valence-electron chi connectivity index (χ3n) is 7.23. The van der Waals surface area contributed by atoms with Crippen LogP contribution in [-0.4, -0.2) is 60.0 Å². The normalized spacial score (nSPS) is 17.3. The molecule has 0 radical (unpaired) electrons. The minimum Gasteiger partial charge on any atom is -0.494 e. The van der Waals surface area contributed by atoms with Crippen LogP contribution in [0.15, 0.2) is 30.3 Å². The molecule has 1 unspecified atom stereocenters. The molecule has 35 heavy (non-hydrogen) atoms. The average Bonchev–Trinajstić information content (AvgIpc) is 2.87. The Morgan fingerprint density at radius 2 is 2.06 bits per heavy atom. The topological polar surface area (TPSA) is 91.8 Å². The largest absolute Gasteiger partial charge is 0.494 e. The van der Waals surface area contributed by atoms with Crippen LogP contribution < -0.4 is 10.1 Å². The van der Waals surface area contributed by atoms with Crippen molar-refractivity contribution in [1.29, 1.82) is 0 Å². The number of fused-ring (bicyclic) bond motifs is 1. The highest BCUT2D eigenvalue weighted by atomic mass is 19.1. The number of likely N-dealkylation sites (tertiary alicyclic amines) is 1. The lowest BCUT2D eigenvalue weighted by molar-refractivity contribution is -0.137. The van der Waals surface area contributed by atoms with Gasteiger partial charge in [-0.1, -0.05) is 12.1 Å². The summed E-state index contributed by atoms with van der Waals surface area (Å²) in [6.45, 7) is 3.33. The minimum absolute atomic E-state index is 0.0247. The number of piperidine rings is 1. The highest BCUT2D eigenvalue weighted by Crippen LogP contribution is 2.34. The zero-order chi connectivity index (χ0) is 24.8. The molecule has 0 bridgehead atoms. The summed E-state index contributed by atoms with van der Waals surface area (Å²) < 4.78 is 19.2. The molecule has 2 aliphatic heterocycles. The Kier molecular flexibility index (Phi) is 8.33. The summed E-state index contributed by atoms with van der Waals surface area (Å²) in [6, 6.07) is 8.57. The smallest absolute Gasteiger partial charge is 0.303 e. The van der Waals surface area contributed by atoms with Crippen molar-refractivity contribution in [2.75, 3.05) is 38.6 Å². The number of anilines is 1. The molecule has 188 valence electrons. The Morgan fingerprint density at radius 1 is 1.26 bits per heavy atom. The maximum absolute atomic E-state index is 14.2. The quantitative estimate of drug-likeness (QED) is 0.480. The number of benzene rings is 1. The van der Waals surface area contributed by atoms with Gasteiger partial charge < -0.3 is 20.1 Å². The monoisotopic (exact) mass is 483 g/mol. The first-order valence-corrected chi connectivity index (χ1v) is 12.5. The van der Waals surface area contributed by atoms with Crippen molar-refractivity contribution >= 4 is 17.6 Å². The average molecular weight is 484 g/mol. The first kappa shape index (κ1) is 25.1. The molecular formula is C27H34FN3O4. The van der Waals surface area contributed by atoms with E-state index in [2.05, 4.69) is 15.2 Å². The highest BCUT2D eigenvalue weighted by Gasteiger charge is 2.26. The summed E-state index contributed by atoms with van der Waals surface area (Å²) in [7, 11) is 1.41. The lowest BCUT2D eigenvalue weighted by Gasteiger charge is -2.33. The number of methoxy groups -OCH3 is 1. The zero-order valence-corrected chi connectivity index (χ0v) is 20.3. The summed E-state index contributed by atoms with van der Waals surface area (Å²) in [5.74, 6) is -0.162. The number of ketones is 1. The number of carboxylic acids is 1. The lowest BCUT2D eigenvalue weighted by atomic mass is 9.82. The van der Waals surface area contributed by atoms with Gasteiger partial charge in [0.15, 0.2) is 17.3 Å². The summed E-state index contributed by atoms with van der Waals surface area (Å²) in [4.78, 5) is 31.0. The molecule has 0 spiro atoms. The molecule has 1 fully saturated rings. The third-order valence-corrected chi connectivity index (χ3v) is 7.23. The molecule has 1 saturated heterocycles. The molecule has 2 aliphatic rings. The van der Waals surface area contributed by atoms with Gasteiger partial charge in [-0.2, -0.15) is 0 Å². The minimum atomic E-state index is -0.881. The number of rotatable bonds is 10. The number of ether oxygens (including phenoxy) is 1. The van der Waals surface area contributed by atoms with Gasteiger partial charge in [-0.25, -0.2) is 9.37 Å². The number of nitrogens with zero attached hydrogens (tertiary/aromatic N) is 2. The molecule has 0 saturated carbocycles. The van der Waals surface area contributed by atoms with Crippen LogP contribution in [-0.2, 0) is 11.2 Å². The Morgan fingerprint density at radius 3 is 2.77 bits per heavy atom. The second kappa shape index (κ2) is 11.6. The van der Waals surface area contributed by atoms with Gasteiger partial charge in [0, 0.05) is 19.5 Å². The van der Waals surface area contributed by atoms with E-state index in [-0.39, 0.29) is 23.9 Å². The molecule has 1 aromatic heterocycles. The number of aliphatic carboxylic acids is 1. The highest BCUT2D eigenvalue weighted by molar-refractivity contribution is 5.94. The van der Waals surface area contributed by atoms with Crippen LogP contribution in [0.25, 0.3) is 0 Å². The number of carbonyl (C=O) groups excluding carboxylic acids is 1. The van der Waals surface area contributed by atoms with Crippen molar-refractivity contribution in [2.45, 2.75) is 50.9 Å². The summed E-state index contributed by atoms with van der Waals surface area (Å²) in [5, 5.41) is 12.7. The van der Waals surface area contributed by atoms with E-state index in [1.807, 2.05) is 12.1 Å². The number of aryl methyl sites for hydroxylation is 1. The number of halogens is 1. The third kappa shape index (κ3) is 6.57. The fourth-order valence-corrected chi connectivity index (χ4v) is 5.20. The number of nitrogens with one attached hydrogen (secondary N) is 1. The van der Waals surface area contributed by atoms with Crippen molar-refractivity contribution in [1.82, 2.24) is 9.88 Å². The lowest BCUT2D eigenvalue weighted by Crippen LogP contribution is -2.35. The number of hydrogen-bond acceptors (Lipinski definition) is 6. The number of aromatic nitrogens is 1. The van der Waals surface area contributed by atoms with E-state index in [0.29, 0.717) is 36.6 Å². The first-order valence-electron chi connectivity index (χ1n) is 12.5. The van der Waals surface area contributed by atoms with Crippen LogP contribution in [0.3, 0.4) is 0 Å². The van der Waals surface area contributed by atoms with Gasteiger partial charge in [-0.3, -0.25) is 9.59 Å². The maximum atomic E-state index is 14.2. The van der Waals surface area contributed by atoms with Gasteiger partial charge in [-0.05, 0) is 86.4 Å². The van der Waals surface area contributed by atoms with E-state index in [0.717, 1.165) is 51.1 Å². The van der Waals surface area contributed by atoms with Gasteiger partial charge >= 0.3 is 5.97 Å². The molecule has 7 nitrogen and oxygen atoms in total. The summed E-state index contributed by atoms with van der Waals surface area (Å²) in [5.41, 5.74) is 2.40. The van der Waals surface area contributed by atoms with Crippen molar-refractivity contribution in [3.63, 3.8) is 0 Å². The molecule has 0 aliphatic carbocycles. The molecule has 1 aromatic carbocycles. The molecular weight excluding hydrogens is 449 g/mol. The van der Waals surface area contributed by atoms with Crippen molar-refractivity contribution in [3.8, 4) is 5.75 Å². The van der Waals surface area contributed by atoms with Gasteiger partial charge in [0.1, 0.15) is 11.5 Å². The number of Topliss-reactive ketones (excluding diaryl/α,β-unsaturated/α-hetero) is 1. The van der Waals surface area contributed by atoms with Crippen LogP contribution in [0, 0.1) is 11.7 Å². The Hall–Kier alpha value is -3.00. The molecule has 1 atom stereocenters. The van der Waals surface area contributed by atoms with Crippen LogP contribution >= 0.6 is 0 Å². The van der Waals surface area contributed by atoms with Crippen molar-refractivity contribution < 1.29 is 23.8 Å². The molecule has 3 heterocycles. The first-order chi connectivity index (χ1) is 16.9. The Labute approximate surface area is 205 Å². The van der Waals surface area contributed by atoms with E-state index in [4.69, 9.17) is 4.74 Å². The molecule has 8 heteroatoms. The fourth-order valence-electron chi connectivity index (χ4n) is 5.20. The molecule has 2 N–H and O–H groups in total. The van der Waals surface area contributed by atoms with Gasteiger partial charge in [0.25, 0.3) is 0 Å². The van der Waals surface area contributed by atoms with Crippen LogP contribution in [0.2, 0.25) is 0 Å². The van der Waals surface area contributed by atoms with E-state index in [1.54, 1.807) is 12.1 Å². The van der Waals surface area contributed by atoms with Crippen molar-refractivity contribution in [3.05, 3.63) is 53.0 Å². The van der Waals surface area contributed by atoms with Crippen LogP contribution in [0.4, 0.5) is 10.2 Å². The maximum Gasteiger partial charge on any atom is 0.303 e. The number of carboxylic acid groups (broad SMARTS) is 1. The van der Waals surface area contributed by atoms with Crippen LogP contribution in [0.5, 0.6) is 5.75 Å². The molecule has 4 rings (SSSR count). The van der Waals surface area contributed by atoms with Gasteiger partial charge in [-0.15, -0.1) is 0 Å². The second-order valence-corrected chi connectivity index (χ2v) is 9.62. The van der Waals surface area contributed by atoms with E-state index >= 15 is 0 Å². The molecule has 0 amide bonds. The van der Waals surface area contributed by atoms with Gasteiger partial charge in [0.05, 0.1) is 13.5 Å². The van der Waals surface area contributed by atoms with E-state index in [9.17, 15) is 19.1 Å². The Bertz CT molecular complexity index is 1050. The second-order valence-electron chi connectivity index (χ2n) is 9.62. The predicted octanol–water partition coefficient (Wildman–Crippen LogP) is 4.52. The van der Waals surface area contributed by atoms with Crippen molar-refractivity contribution in [2.24, 2.45) is 5.92 Å². The summed E-state index contributed by atoms with van der Waals surface area (Å²) in [6.07, 6.45) is 5.07. The SMILES string of the molecule is COc1ccc(C(CC(=O)O)CC2CCN(CCC(=O)c3ccc4c(n3)NCCC4)CC2)cc1F. The number of hydrogen-bond donors (Lipinski definition) is 2. The standard InChI is InChI=1S/C27H34FN3O4/c1-35-25-7-5-20(16-22(25)28)21(17-26(33)34)15-18-8-12-31(13-9-18)14-10-24(32)23-6-4-19-3-2-11-29-27(19)30-23/h4-7,16,18,21H,2-3,8-15,17H2,1H3,(H,29,30)(H,33,34). The van der Waals surface area contributed by atoms with Crippen LogP contribution in [0.1, 0.15) is 66.1 Å². The summed E-state index contributed by atoms with van der Waals surface area (Å²) >= 11 is 0. The van der Waals surface area contributed by atoms with Gasteiger partial charge in [0.2, 0.25) is 0 Å².